The summed E-state index contributed by atoms with van der Waals surface area (Å²) >= 11 is 0. The van der Waals surface area contributed by atoms with Gasteiger partial charge in [0.1, 0.15) is 12.4 Å². The first-order valence-electron chi connectivity index (χ1n) is 5.69. The number of hydrazine groups is 1. The number of halogens is 2. The van der Waals surface area contributed by atoms with E-state index < -0.39 is 28.0 Å². The molecule has 0 fully saturated rings. The third-order valence-electron chi connectivity index (χ3n) is 2.56. The SMILES string of the molecule is NNc1ccc(COc2cc(F)c([N+](=O)[O-])cc2F)cn1. The van der Waals surface area contributed by atoms with Crippen molar-refractivity contribution in [2.45, 2.75) is 6.61 Å². The van der Waals surface area contributed by atoms with Crippen LogP contribution in [0.3, 0.4) is 0 Å². The van der Waals surface area contributed by atoms with Gasteiger partial charge >= 0.3 is 5.69 Å². The fourth-order valence-corrected chi connectivity index (χ4v) is 1.52. The molecule has 0 aliphatic carbocycles. The van der Waals surface area contributed by atoms with Gasteiger partial charge < -0.3 is 10.2 Å². The van der Waals surface area contributed by atoms with Gasteiger partial charge in [-0.1, -0.05) is 6.07 Å². The van der Waals surface area contributed by atoms with Crippen LogP contribution in [-0.2, 0) is 6.61 Å². The van der Waals surface area contributed by atoms with Crippen LogP contribution in [-0.4, -0.2) is 9.91 Å². The van der Waals surface area contributed by atoms with Gasteiger partial charge in [0.2, 0.25) is 5.82 Å². The Balaban J connectivity index is 2.12. The second-order valence-electron chi connectivity index (χ2n) is 3.98. The van der Waals surface area contributed by atoms with E-state index in [4.69, 9.17) is 10.6 Å². The van der Waals surface area contributed by atoms with Crippen LogP contribution in [0.5, 0.6) is 5.75 Å². The Morgan fingerprint density at radius 1 is 1.33 bits per heavy atom. The first-order chi connectivity index (χ1) is 10.0. The number of ether oxygens (including phenoxy) is 1. The maximum atomic E-state index is 13.6. The van der Waals surface area contributed by atoms with Gasteiger partial charge in [-0.3, -0.25) is 10.1 Å². The van der Waals surface area contributed by atoms with Crippen LogP contribution in [0.15, 0.2) is 30.5 Å². The van der Waals surface area contributed by atoms with E-state index >= 15 is 0 Å². The highest BCUT2D eigenvalue weighted by molar-refractivity contribution is 5.39. The minimum Gasteiger partial charge on any atom is -0.486 e. The van der Waals surface area contributed by atoms with E-state index in [1.807, 2.05) is 0 Å². The lowest BCUT2D eigenvalue weighted by Gasteiger charge is -2.08. The average Bonchev–Trinajstić information content (AvgIpc) is 2.48. The van der Waals surface area contributed by atoms with Crippen molar-refractivity contribution in [2.24, 2.45) is 5.84 Å². The molecule has 1 heterocycles. The molecule has 0 radical (unpaired) electrons. The number of nitrogens with one attached hydrogen (secondary N) is 1. The monoisotopic (exact) mass is 296 g/mol. The van der Waals surface area contributed by atoms with E-state index in [-0.39, 0.29) is 6.61 Å². The molecule has 0 saturated carbocycles. The lowest BCUT2D eigenvalue weighted by molar-refractivity contribution is -0.387. The van der Waals surface area contributed by atoms with Gasteiger partial charge in [0.05, 0.1) is 11.0 Å². The third-order valence-corrected chi connectivity index (χ3v) is 2.56. The number of anilines is 1. The highest BCUT2D eigenvalue weighted by atomic mass is 19.1. The Hall–Kier alpha value is -2.81. The lowest BCUT2D eigenvalue weighted by Crippen LogP contribution is -2.08. The van der Waals surface area contributed by atoms with Crippen molar-refractivity contribution >= 4 is 11.5 Å². The number of nitrogens with two attached hydrogens (primary N) is 1. The minimum absolute atomic E-state index is 0.0774. The van der Waals surface area contributed by atoms with Crippen molar-refractivity contribution in [1.29, 1.82) is 0 Å². The summed E-state index contributed by atoms with van der Waals surface area (Å²) in [6.45, 7) is -0.0774. The van der Waals surface area contributed by atoms with Gasteiger partial charge in [-0.15, -0.1) is 0 Å². The fourth-order valence-electron chi connectivity index (χ4n) is 1.52. The first-order valence-corrected chi connectivity index (χ1v) is 5.69. The van der Waals surface area contributed by atoms with Gasteiger partial charge in [0.15, 0.2) is 11.6 Å². The number of hydrogen-bond acceptors (Lipinski definition) is 6. The summed E-state index contributed by atoms with van der Waals surface area (Å²) < 4.78 is 32.0. The van der Waals surface area contributed by atoms with Gasteiger partial charge in [-0.2, -0.15) is 4.39 Å². The average molecular weight is 296 g/mol. The van der Waals surface area contributed by atoms with E-state index in [1.165, 1.54) is 6.20 Å². The second kappa shape index (κ2) is 6.09. The van der Waals surface area contributed by atoms with Crippen LogP contribution >= 0.6 is 0 Å². The Labute approximate surface area is 117 Å². The predicted octanol–water partition coefficient (Wildman–Crippen LogP) is 2.13. The van der Waals surface area contributed by atoms with Crippen molar-refractivity contribution in [1.82, 2.24) is 4.98 Å². The molecule has 0 spiro atoms. The number of nitrogens with zero attached hydrogens (tertiary/aromatic N) is 2. The van der Waals surface area contributed by atoms with E-state index in [2.05, 4.69) is 10.4 Å². The third kappa shape index (κ3) is 3.39. The molecule has 0 saturated heterocycles. The van der Waals surface area contributed by atoms with E-state index in [0.717, 1.165) is 0 Å². The van der Waals surface area contributed by atoms with Crippen LogP contribution in [0, 0.1) is 21.7 Å². The number of nitro benzene ring substituents is 1. The lowest BCUT2D eigenvalue weighted by atomic mass is 10.2. The number of pyridine rings is 1. The smallest absolute Gasteiger partial charge is 0.307 e. The topological polar surface area (TPSA) is 103 Å². The maximum Gasteiger partial charge on any atom is 0.307 e. The Bertz CT molecular complexity index is 664. The highest BCUT2D eigenvalue weighted by Gasteiger charge is 2.19. The Morgan fingerprint density at radius 2 is 2.10 bits per heavy atom. The molecule has 1 aromatic carbocycles. The minimum atomic E-state index is -1.17. The summed E-state index contributed by atoms with van der Waals surface area (Å²) in [5.74, 6) is 2.98. The largest absolute Gasteiger partial charge is 0.486 e. The molecule has 0 bridgehead atoms. The van der Waals surface area contributed by atoms with Crippen LogP contribution in [0.1, 0.15) is 5.56 Å². The molecular formula is C12H10F2N4O3. The number of nitrogen functional groups attached to an aromatic ring is 1. The van der Waals surface area contributed by atoms with Crippen molar-refractivity contribution in [2.75, 3.05) is 5.43 Å². The molecule has 7 nitrogen and oxygen atoms in total. The summed E-state index contributed by atoms with van der Waals surface area (Å²) in [5, 5.41) is 10.5. The molecule has 110 valence electrons. The summed E-state index contributed by atoms with van der Waals surface area (Å²) in [6, 6.07) is 4.31. The summed E-state index contributed by atoms with van der Waals surface area (Å²) in [4.78, 5) is 13.4. The number of nitro groups is 1. The molecule has 2 aromatic rings. The van der Waals surface area contributed by atoms with Crippen molar-refractivity contribution in [3.63, 3.8) is 0 Å². The Morgan fingerprint density at radius 3 is 2.67 bits per heavy atom. The van der Waals surface area contributed by atoms with Gasteiger partial charge in [-0.05, 0) is 6.07 Å². The van der Waals surface area contributed by atoms with E-state index in [0.29, 0.717) is 23.5 Å². The van der Waals surface area contributed by atoms with Crippen molar-refractivity contribution < 1.29 is 18.4 Å². The quantitative estimate of drug-likeness (QED) is 0.497. The molecule has 0 aliphatic rings. The molecule has 3 N–H and O–H groups in total. The molecule has 0 atom stereocenters. The van der Waals surface area contributed by atoms with Gasteiger partial charge in [-0.25, -0.2) is 15.2 Å². The zero-order valence-corrected chi connectivity index (χ0v) is 10.5. The standard InChI is InChI=1S/C12H10F2N4O3/c13-8-4-11(9(14)3-10(8)18(19)20)21-6-7-1-2-12(17-15)16-5-7/h1-5H,6,15H2,(H,16,17). The second-order valence-corrected chi connectivity index (χ2v) is 3.98. The van der Waals surface area contributed by atoms with Crippen LogP contribution < -0.4 is 16.0 Å². The zero-order valence-electron chi connectivity index (χ0n) is 10.5. The normalized spacial score (nSPS) is 10.2. The number of aromatic nitrogens is 1. The predicted molar refractivity (Wildman–Crippen MR) is 69.4 cm³/mol. The summed E-state index contributed by atoms with van der Waals surface area (Å²) in [5.41, 5.74) is 1.98. The zero-order chi connectivity index (χ0) is 15.4. The highest BCUT2D eigenvalue weighted by Crippen LogP contribution is 2.26. The van der Waals surface area contributed by atoms with Crippen LogP contribution in [0.2, 0.25) is 0 Å². The van der Waals surface area contributed by atoms with Gasteiger partial charge in [0.25, 0.3) is 0 Å². The molecule has 0 aliphatic heterocycles. The number of hydrogen-bond donors (Lipinski definition) is 2. The summed E-state index contributed by atoms with van der Waals surface area (Å²) in [6.07, 6.45) is 1.44. The molecule has 0 amide bonds. The molecule has 9 heteroatoms. The first kappa shape index (κ1) is 14.6. The molecule has 21 heavy (non-hydrogen) atoms. The fraction of sp³-hybridized carbons (Fsp3) is 0.0833. The van der Waals surface area contributed by atoms with Crippen LogP contribution in [0.4, 0.5) is 20.3 Å². The van der Waals surface area contributed by atoms with Crippen molar-refractivity contribution in [3.05, 3.63) is 57.8 Å². The van der Waals surface area contributed by atoms with Crippen molar-refractivity contribution in [3.8, 4) is 5.75 Å². The Kier molecular flexibility index (Phi) is 4.24. The molecule has 0 unspecified atom stereocenters. The van der Waals surface area contributed by atoms with E-state index in [1.54, 1.807) is 12.1 Å². The molecule has 2 rings (SSSR count). The number of benzene rings is 1. The maximum absolute atomic E-state index is 13.6. The molecule has 1 aromatic heterocycles. The van der Waals surface area contributed by atoms with Gasteiger partial charge in [0, 0.05) is 17.8 Å². The van der Waals surface area contributed by atoms with Crippen LogP contribution in [0.25, 0.3) is 0 Å². The number of rotatable bonds is 5. The summed E-state index contributed by atoms with van der Waals surface area (Å²) in [7, 11) is 0. The molecular weight excluding hydrogens is 286 g/mol. The van der Waals surface area contributed by atoms with E-state index in [9.17, 15) is 18.9 Å².